The summed E-state index contributed by atoms with van der Waals surface area (Å²) < 4.78 is 0.989. The Kier molecular flexibility index (Phi) is 5.14. The second-order valence-electron chi connectivity index (χ2n) is 4.63. The molecule has 0 aliphatic carbocycles. The maximum absolute atomic E-state index is 10.1. The smallest absolute Gasteiger partial charge is 0.0914 e. The van der Waals surface area contributed by atoms with Crippen LogP contribution in [0.15, 0.2) is 53.0 Å². The number of aliphatic hydroxyl groups is 1. The topological polar surface area (TPSA) is 32.3 Å². The molecule has 3 heteroatoms. The van der Waals surface area contributed by atoms with Gasteiger partial charge in [0.25, 0.3) is 0 Å². The van der Waals surface area contributed by atoms with Gasteiger partial charge in [-0.25, -0.2) is 0 Å². The first kappa shape index (κ1) is 14.3. The Labute approximate surface area is 122 Å². The van der Waals surface area contributed by atoms with Crippen molar-refractivity contribution >= 4 is 15.9 Å². The molecule has 2 aromatic rings. The quantitative estimate of drug-likeness (QED) is 0.882. The van der Waals surface area contributed by atoms with E-state index in [-0.39, 0.29) is 0 Å². The Balaban J connectivity index is 1.88. The second kappa shape index (κ2) is 6.85. The molecule has 2 aromatic carbocycles. The minimum atomic E-state index is -0.485. The average Bonchev–Trinajstić information content (AvgIpc) is 2.41. The van der Waals surface area contributed by atoms with Crippen LogP contribution in [0.1, 0.15) is 22.8 Å². The van der Waals surface area contributed by atoms with Crippen molar-refractivity contribution in [1.29, 1.82) is 0 Å². The number of hydrogen-bond acceptors (Lipinski definition) is 2. The lowest BCUT2D eigenvalue weighted by Gasteiger charge is -2.13. The SMILES string of the molecule is Cc1ccccc1CNCC(O)c1cccc(Br)c1. The molecule has 0 spiro atoms. The molecular weight excluding hydrogens is 302 g/mol. The molecule has 0 radical (unpaired) electrons. The first-order chi connectivity index (χ1) is 9.16. The lowest BCUT2D eigenvalue weighted by Crippen LogP contribution is -2.21. The van der Waals surface area contributed by atoms with Gasteiger partial charge >= 0.3 is 0 Å². The molecule has 0 heterocycles. The van der Waals surface area contributed by atoms with Crippen LogP contribution in [-0.4, -0.2) is 11.7 Å². The first-order valence-corrected chi connectivity index (χ1v) is 7.15. The Morgan fingerprint density at radius 3 is 2.68 bits per heavy atom. The van der Waals surface area contributed by atoms with E-state index in [9.17, 15) is 5.11 Å². The van der Waals surface area contributed by atoms with E-state index in [0.717, 1.165) is 16.6 Å². The highest BCUT2D eigenvalue weighted by Crippen LogP contribution is 2.17. The van der Waals surface area contributed by atoms with Gasteiger partial charge in [0.05, 0.1) is 6.10 Å². The first-order valence-electron chi connectivity index (χ1n) is 6.35. The van der Waals surface area contributed by atoms with Gasteiger partial charge in [0.15, 0.2) is 0 Å². The fourth-order valence-corrected chi connectivity index (χ4v) is 2.40. The summed E-state index contributed by atoms with van der Waals surface area (Å²) in [6.07, 6.45) is -0.485. The second-order valence-corrected chi connectivity index (χ2v) is 5.54. The minimum Gasteiger partial charge on any atom is -0.387 e. The molecule has 2 rings (SSSR count). The minimum absolute atomic E-state index is 0.485. The summed E-state index contributed by atoms with van der Waals surface area (Å²) in [7, 11) is 0. The molecule has 100 valence electrons. The molecule has 0 amide bonds. The van der Waals surface area contributed by atoms with Crippen LogP contribution in [0.2, 0.25) is 0 Å². The molecule has 0 aromatic heterocycles. The molecule has 2 nitrogen and oxygen atoms in total. The fraction of sp³-hybridized carbons (Fsp3) is 0.250. The van der Waals surface area contributed by atoms with Gasteiger partial charge in [-0.1, -0.05) is 52.3 Å². The van der Waals surface area contributed by atoms with Crippen LogP contribution in [0.4, 0.5) is 0 Å². The number of hydrogen-bond donors (Lipinski definition) is 2. The summed E-state index contributed by atoms with van der Waals surface area (Å²) in [5.41, 5.74) is 3.46. The summed E-state index contributed by atoms with van der Waals surface area (Å²) in [5, 5.41) is 13.4. The Morgan fingerprint density at radius 2 is 1.95 bits per heavy atom. The van der Waals surface area contributed by atoms with Crippen molar-refractivity contribution in [2.24, 2.45) is 0 Å². The van der Waals surface area contributed by atoms with Crippen molar-refractivity contribution in [3.63, 3.8) is 0 Å². The van der Waals surface area contributed by atoms with Gasteiger partial charge < -0.3 is 10.4 Å². The Morgan fingerprint density at radius 1 is 1.16 bits per heavy atom. The molecule has 1 atom stereocenters. The number of benzene rings is 2. The largest absolute Gasteiger partial charge is 0.387 e. The number of aliphatic hydroxyl groups excluding tert-OH is 1. The van der Waals surface area contributed by atoms with Crippen molar-refractivity contribution in [3.8, 4) is 0 Å². The van der Waals surface area contributed by atoms with E-state index in [1.165, 1.54) is 11.1 Å². The molecule has 0 bridgehead atoms. The van der Waals surface area contributed by atoms with E-state index in [0.29, 0.717) is 6.54 Å². The Hall–Kier alpha value is -1.16. The fourth-order valence-electron chi connectivity index (χ4n) is 1.98. The van der Waals surface area contributed by atoms with Crippen LogP contribution in [0.3, 0.4) is 0 Å². The van der Waals surface area contributed by atoms with Crippen LogP contribution in [-0.2, 0) is 6.54 Å². The van der Waals surface area contributed by atoms with Crippen LogP contribution >= 0.6 is 15.9 Å². The lowest BCUT2D eigenvalue weighted by molar-refractivity contribution is 0.174. The van der Waals surface area contributed by atoms with Gasteiger partial charge in [0.2, 0.25) is 0 Å². The molecule has 0 fully saturated rings. The average molecular weight is 320 g/mol. The van der Waals surface area contributed by atoms with Gasteiger partial charge in [-0.2, -0.15) is 0 Å². The molecule has 19 heavy (non-hydrogen) atoms. The van der Waals surface area contributed by atoms with Gasteiger partial charge in [0, 0.05) is 17.6 Å². The van der Waals surface area contributed by atoms with Crippen molar-refractivity contribution < 1.29 is 5.11 Å². The van der Waals surface area contributed by atoms with E-state index in [1.54, 1.807) is 0 Å². The number of rotatable bonds is 5. The maximum atomic E-state index is 10.1. The van der Waals surface area contributed by atoms with Crippen molar-refractivity contribution in [1.82, 2.24) is 5.32 Å². The number of halogens is 1. The van der Waals surface area contributed by atoms with Gasteiger partial charge in [-0.05, 0) is 35.7 Å². The highest BCUT2D eigenvalue weighted by molar-refractivity contribution is 9.10. The highest BCUT2D eigenvalue weighted by atomic mass is 79.9. The van der Waals surface area contributed by atoms with Crippen LogP contribution < -0.4 is 5.32 Å². The summed E-state index contributed by atoms with van der Waals surface area (Å²) in [6, 6.07) is 16.0. The predicted molar refractivity (Wildman–Crippen MR) is 82.0 cm³/mol. The van der Waals surface area contributed by atoms with Crippen molar-refractivity contribution in [2.75, 3.05) is 6.54 Å². The zero-order valence-electron chi connectivity index (χ0n) is 10.9. The molecule has 2 N–H and O–H groups in total. The highest BCUT2D eigenvalue weighted by Gasteiger charge is 2.07. The lowest BCUT2D eigenvalue weighted by atomic mass is 10.1. The van der Waals surface area contributed by atoms with Crippen LogP contribution in [0.5, 0.6) is 0 Å². The van der Waals surface area contributed by atoms with Crippen LogP contribution in [0, 0.1) is 6.92 Å². The zero-order valence-corrected chi connectivity index (χ0v) is 12.5. The van der Waals surface area contributed by atoms with E-state index >= 15 is 0 Å². The summed E-state index contributed by atoms with van der Waals surface area (Å²) in [5.74, 6) is 0. The van der Waals surface area contributed by atoms with Gasteiger partial charge in [0.1, 0.15) is 0 Å². The monoisotopic (exact) mass is 319 g/mol. The molecule has 0 aliphatic heterocycles. The molecular formula is C16H18BrNO. The van der Waals surface area contributed by atoms with Crippen molar-refractivity contribution in [2.45, 2.75) is 19.6 Å². The predicted octanol–water partition coefficient (Wildman–Crippen LogP) is 3.58. The van der Waals surface area contributed by atoms with E-state index in [1.807, 2.05) is 36.4 Å². The molecule has 0 saturated carbocycles. The third-order valence-corrected chi connectivity index (χ3v) is 3.64. The van der Waals surface area contributed by atoms with E-state index < -0.39 is 6.10 Å². The number of nitrogens with one attached hydrogen (secondary N) is 1. The summed E-state index contributed by atoms with van der Waals surface area (Å²) >= 11 is 3.41. The number of aryl methyl sites for hydroxylation is 1. The maximum Gasteiger partial charge on any atom is 0.0914 e. The standard InChI is InChI=1S/C16H18BrNO/c1-12-5-2-3-6-14(12)10-18-11-16(19)13-7-4-8-15(17)9-13/h2-9,16,18-19H,10-11H2,1H3. The van der Waals surface area contributed by atoms with Gasteiger partial charge in [-0.15, -0.1) is 0 Å². The van der Waals surface area contributed by atoms with Gasteiger partial charge in [-0.3, -0.25) is 0 Å². The van der Waals surface area contributed by atoms with Crippen LogP contribution in [0.25, 0.3) is 0 Å². The summed E-state index contributed by atoms with van der Waals surface area (Å²) in [4.78, 5) is 0. The normalized spacial score (nSPS) is 12.4. The van der Waals surface area contributed by atoms with E-state index in [4.69, 9.17) is 0 Å². The third kappa shape index (κ3) is 4.16. The third-order valence-electron chi connectivity index (χ3n) is 3.15. The Bertz CT molecular complexity index is 542. The molecule has 0 aliphatic rings. The molecule has 0 saturated heterocycles. The zero-order chi connectivity index (χ0) is 13.7. The molecule has 1 unspecified atom stereocenters. The summed E-state index contributed by atoms with van der Waals surface area (Å²) in [6.45, 7) is 3.42. The van der Waals surface area contributed by atoms with E-state index in [2.05, 4.69) is 40.3 Å². The van der Waals surface area contributed by atoms with Crippen molar-refractivity contribution in [3.05, 3.63) is 69.7 Å².